The zero-order valence-corrected chi connectivity index (χ0v) is 13.7. The van der Waals surface area contributed by atoms with Gasteiger partial charge in [0.2, 0.25) is 10.0 Å². The Balaban J connectivity index is 1.77. The van der Waals surface area contributed by atoms with Gasteiger partial charge in [0, 0.05) is 24.7 Å². The van der Waals surface area contributed by atoms with Crippen LogP contribution in [0.1, 0.15) is 24.4 Å². The van der Waals surface area contributed by atoms with Gasteiger partial charge in [-0.2, -0.15) is 5.06 Å². The number of nitrogens with one attached hydrogen (secondary N) is 1. The number of hydrogen-bond donors (Lipinski definition) is 1. The van der Waals surface area contributed by atoms with Crippen LogP contribution in [0.5, 0.6) is 0 Å². The number of para-hydroxylation sites is 1. The van der Waals surface area contributed by atoms with Crippen molar-refractivity contribution in [3.8, 4) is 0 Å². The van der Waals surface area contributed by atoms with Crippen molar-refractivity contribution in [1.82, 2.24) is 14.8 Å². The second kappa shape index (κ2) is 5.52. The molecule has 23 heavy (non-hydrogen) atoms. The summed E-state index contributed by atoms with van der Waals surface area (Å²) in [5.74, 6) is 0. The van der Waals surface area contributed by atoms with E-state index < -0.39 is 15.3 Å². The van der Waals surface area contributed by atoms with Crippen LogP contribution >= 0.6 is 0 Å². The van der Waals surface area contributed by atoms with Gasteiger partial charge in [0.25, 0.3) is 0 Å². The summed E-state index contributed by atoms with van der Waals surface area (Å²) in [6.07, 6.45) is 3.57. The van der Waals surface area contributed by atoms with Gasteiger partial charge in [-0.05, 0) is 30.5 Å². The summed E-state index contributed by atoms with van der Waals surface area (Å²) in [5, 5.41) is 1.99. The Labute approximate surface area is 135 Å². The number of sulfonamides is 1. The maximum absolute atomic E-state index is 12.7. The van der Waals surface area contributed by atoms with E-state index in [-0.39, 0.29) is 18.7 Å². The van der Waals surface area contributed by atoms with E-state index in [0.29, 0.717) is 0 Å². The van der Waals surface area contributed by atoms with E-state index in [9.17, 15) is 8.42 Å². The smallest absolute Gasteiger partial charge is 0.219 e. The highest BCUT2D eigenvalue weighted by Crippen LogP contribution is 2.37. The number of benzene rings is 1. The zero-order valence-electron chi connectivity index (χ0n) is 12.8. The van der Waals surface area contributed by atoms with Crippen LogP contribution in [0, 0.1) is 0 Å². The van der Waals surface area contributed by atoms with Crippen LogP contribution in [0.2, 0.25) is 0 Å². The molecular weight excluding hydrogens is 314 g/mol. The summed E-state index contributed by atoms with van der Waals surface area (Å²) in [5.41, 5.74) is 1.79. The highest BCUT2D eigenvalue weighted by atomic mass is 32.2. The lowest BCUT2D eigenvalue weighted by atomic mass is 10.00. The monoisotopic (exact) mass is 333 g/mol. The van der Waals surface area contributed by atoms with E-state index in [0.717, 1.165) is 29.3 Å². The van der Waals surface area contributed by atoms with Gasteiger partial charge in [-0.25, -0.2) is 13.1 Å². The van der Waals surface area contributed by atoms with Gasteiger partial charge in [-0.3, -0.25) is 9.82 Å². The lowest BCUT2D eigenvalue weighted by Gasteiger charge is -2.24. The molecule has 1 saturated heterocycles. The molecule has 1 aliphatic carbocycles. The fraction of sp³-hybridized carbons (Fsp3) is 0.438. The summed E-state index contributed by atoms with van der Waals surface area (Å²) in [4.78, 5) is 9.92. The Hall–Kier alpha value is -1.54. The molecule has 1 saturated carbocycles. The fourth-order valence-corrected chi connectivity index (χ4v) is 4.92. The Morgan fingerprint density at radius 2 is 2.04 bits per heavy atom. The minimum atomic E-state index is -3.43. The molecule has 2 atom stereocenters. The van der Waals surface area contributed by atoms with Gasteiger partial charge < -0.3 is 0 Å². The van der Waals surface area contributed by atoms with E-state index in [2.05, 4.69) is 9.71 Å². The second-order valence-corrected chi connectivity index (χ2v) is 8.11. The first-order valence-electron chi connectivity index (χ1n) is 7.77. The third-order valence-electron chi connectivity index (χ3n) is 4.49. The van der Waals surface area contributed by atoms with Crippen LogP contribution < -0.4 is 4.72 Å². The highest BCUT2D eigenvalue weighted by molar-refractivity contribution is 7.90. The molecule has 4 rings (SSSR count). The number of aromatic nitrogens is 1. The van der Waals surface area contributed by atoms with E-state index in [1.807, 2.05) is 30.3 Å². The zero-order chi connectivity index (χ0) is 16.0. The number of hydroxylamine groups is 2. The van der Waals surface area contributed by atoms with Crippen molar-refractivity contribution < 1.29 is 13.3 Å². The molecule has 1 aromatic heterocycles. The molecular formula is C16H19N3O3S. The molecule has 2 heterocycles. The molecule has 1 N–H and O–H groups in total. The van der Waals surface area contributed by atoms with E-state index in [1.54, 1.807) is 18.3 Å². The van der Waals surface area contributed by atoms with Crippen molar-refractivity contribution in [3.63, 3.8) is 0 Å². The Morgan fingerprint density at radius 3 is 2.83 bits per heavy atom. The van der Waals surface area contributed by atoms with Crippen molar-refractivity contribution in [2.45, 2.75) is 30.2 Å². The van der Waals surface area contributed by atoms with Crippen molar-refractivity contribution in [2.24, 2.45) is 0 Å². The molecule has 7 heteroatoms. The molecule has 0 amide bonds. The first kappa shape index (κ1) is 15.0. The van der Waals surface area contributed by atoms with Crippen LogP contribution in [-0.2, 0) is 14.9 Å². The summed E-state index contributed by atoms with van der Waals surface area (Å²) in [7, 11) is -1.65. The van der Waals surface area contributed by atoms with Gasteiger partial charge in [-0.15, -0.1) is 0 Å². The van der Waals surface area contributed by atoms with Crippen LogP contribution in [-0.4, -0.2) is 43.4 Å². The predicted molar refractivity (Wildman–Crippen MR) is 87.1 cm³/mol. The van der Waals surface area contributed by atoms with Crippen LogP contribution in [0.15, 0.2) is 36.5 Å². The van der Waals surface area contributed by atoms with Crippen LogP contribution in [0.4, 0.5) is 0 Å². The highest BCUT2D eigenvalue weighted by Gasteiger charge is 2.45. The number of pyridine rings is 1. The van der Waals surface area contributed by atoms with E-state index in [1.165, 1.54) is 0 Å². The third-order valence-corrected chi connectivity index (χ3v) is 6.35. The Bertz CT molecular complexity index is 830. The van der Waals surface area contributed by atoms with Crippen molar-refractivity contribution in [3.05, 3.63) is 42.1 Å². The predicted octanol–water partition coefficient (Wildman–Crippen LogP) is 1.60. The molecule has 0 spiro atoms. The van der Waals surface area contributed by atoms with Crippen molar-refractivity contribution in [2.75, 3.05) is 13.7 Å². The second-order valence-electron chi connectivity index (χ2n) is 6.18. The first-order valence-corrected chi connectivity index (χ1v) is 9.31. The normalized spacial score (nSPS) is 26.0. The number of rotatable bonds is 4. The molecule has 122 valence electrons. The Kier molecular flexibility index (Phi) is 3.60. The number of fused-ring (bicyclic) bond motifs is 1. The molecule has 0 radical (unpaired) electrons. The largest absolute Gasteiger partial charge is 0.297 e. The molecule has 1 aromatic carbocycles. The minimum absolute atomic E-state index is 0.0979. The lowest BCUT2D eigenvalue weighted by molar-refractivity contribution is -0.110. The van der Waals surface area contributed by atoms with Gasteiger partial charge >= 0.3 is 0 Å². The van der Waals surface area contributed by atoms with Gasteiger partial charge in [0.1, 0.15) is 5.25 Å². The molecule has 2 unspecified atom stereocenters. The average molecular weight is 333 g/mol. The standard InChI is InChI=1S/C16H19N3O3S/c1-19-16(13-8-9-17-14-5-3-2-4-12(13)14)15(10-22-19)23(20,21)18-11-6-7-11/h2-5,8-9,11,15-16,18H,6-7,10H2,1H3. The Morgan fingerprint density at radius 1 is 1.26 bits per heavy atom. The van der Waals surface area contributed by atoms with Gasteiger partial charge in [0.05, 0.1) is 18.2 Å². The van der Waals surface area contributed by atoms with Crippen LogP contribution in [0.3, 0.4) is 0 Å². The summed E-state index contributed by atoms with van der Waals surface area (Å²) in [6.45, 7) is 0.167. The quantitative estimate of drug-likeness (QED) is 0.920. The number of nitrogens with zero attached hydrogens (tertiary/aromatic N) is 2. The molecule has 0 bridgehead atoms. The lowest BCUT2D eigenvalue weighted by Crippen LogP contribution is -2.40. The maximum atomic E-state index is 12.7. The number of hydrogen-bond acceptors (Lipinski definition) is 5. The molecule has 1 aliphatic heterocycles. The summed E-state index contributed by atoms with van der Waals surface area (Å²) in [6, 6.07) is 9.41. The third kappa shape index (κ3) is 2.74. The SMILES string of the molecule is CN1OCC(S(=O)(=O)NC2CC2)C1c1ccnc2ccccc12. The van der Waals surface area contributed by atoms with E-state index in [4.69, 9.17) is 4.84 Å². The van der Waals surface area contributed by atoms with Gasteiger partial charge in [-0.1, -0.05) is 18.2 Å². The average Bonchev–Trinajstić information content (AvgIpc) is 3.25. The first-order chi connectivity index (χ1) is 11.1. The summed E-state index contributed by atoms with van der Waals surface area (Å²) < 4.78 is 28.2. The van der Waals surface area contributed by atoms with Gasteiger partial charge in [0.15, 0.2) is 0 Å². The maximum Gasteiger partial charge on any atom is 0.219 e. The fourth-order valence-electron chi connectivity index (χ4n) is 3.15. The minimum Gasteiger partial charge on any atom is -0.297 e. The van der Waals surface area contributed by atoms with Crippen LogP contribution in [0.25, 0.3) is 10.9 Å². The van der Waals surface area contributed by atoms with Crippen molar-refractivity contribution >= 4 is 20.9 Å². The summed E-state index contributed by atoms with van der Waals surface area (Å²) >= 11 is 0. The topological polar surface area (TPSA) is 71.5 Å². The van der Waals surface area contributed by atoms with E-state index >= 15 is 0 Å². The molecule has 2 fully saturated rings. The van der Waals surface area contributed by atoms with Crippen molar-refractivity contribution in [1.29, 1.82) is 0 Å². The molecule has 2 aliphatic rings. The molecule has 6 nitrogen and oxygen atoms in total. The molecule has 2 aromatic rings.